The molecule has 1 aromatic rings. The van der Waals surface area contributed by atoms with Gasteiger partial charge in [0, 0.05) is 19.4 Å². The van der Waals surface area contributed by atoms with Crippen LogP contribution in [0.25, 0.3) is 0 Å². The first kappa shape index (κ1) is 15.9. The number of nitrogens with one attached hydrogen (secondary N) is 1. The lowest BCUT2D eigenvalue weighted by Gasteiger charge is -2.13. The lowest BCUT2D eigenvalue weighted by Crippen LogP contribution is -2.36. The van der Waals surface area contributed by atoms with Crippen molar-refractivity contribution in [2.24, 2.45) is 0 Å². The predicted molar refractivity (Wildman–Crippen MR) is 70.7 cm³/mol. The van der Waals surface area contributed by atoms with Crippen molar-refractivity contribution in [2.75, 3.05) is 0 Å². The Labute approximate surface area is 125 Å². The van der Waals surface area contributed by atoms with Gasteiger partial charge in [0.2, 0.25) is 0 Å². The van der Waals surface area contributed by atoms with Crippen molar-refractivity contribution in [3.63, 3.8) is 0 Å². The highest BCUT2D eigenvalue weighted by molar-refractivity contribution is 7.85. The number of hydrogen-bond acceptors (Lipinski definition) is 6. The molecule has 0 bridgehead atoms. The van der Waals surface area contributed by atoms with Gasteiger partial charge in [0.25, 0.3) is 21.9 Å². The number of amides is 3. The van der Waals surface area contributed by atoms with Crippen LogP contribution in [0.4, 0.5) is 4.79 Å². The van der Waals surface area contributed by atoms with Crippen LogP contribution >= 0.6 is 0 Å². The van der Waals surface area contributed by atoms with Gasteiger partial charge in [-0.25, -0.2) is 4.79 Å². The molecule has 0 aromatic heterocycles. The van der Waals surface area contributed by atoms with E-state index in [2.05, 4.69) is 10.2 Å². The van der Waals surface area contributed by atoms with Crippen LogP contribution in [-0.4, -0.2) is 35.9 Å². The highest BCUT2D eigenvalue weighted by atomic mass is 32.2. The summed E-state index contributed by atoms with van der Waals surface area (Å²) in [5.41, 5.74) is 0.531. The van der Waals surface area contributed by atoms with Crippen LogP contribution < -0.4 is 5.32 Å². The summed E-state index contributed by atoms with van der Waals surface area (Å²) >= 11 is 0. The summed E-state index contributed by atoms with van der Waals surface area (Å²) < 4.78 is 30.5. The first-order chi connectivity index (χ1) is 10.3. The maximum absolute atomic E-state index is 11.5. The van der Waals surface area contributed by atoms with Crippen molar-refractivity contribution >= 4 is 28.0 Å². The van der Waals surface area contributed by atoms with E-state index in [1.54, 1.807) is 0 Å². The van der Waals surface area contributed by atoms with Crippen molar-refractivity contribution in [3.8, 4) is 0 Å². The zero-order valence-corrected chi connectivity index (χ0v) is 12.0. The van der Waals surface area contributed by atoms with Gasteiger partial charge in [-0.15, -0.1) is 5.06 Å². The molecule has 118 valence electrons. The van der Waals surface area contributed by atoms with E-state index >= 15 is 0 Å². The molecule has 0 atom stereocenters. The maximum atomic E-state index is 11.5. The number of benzene rings is 1. The third kappa shape index (κ3) is 3.80. The maximum Gasteiger partial charge on any atom is 0.432 e. The highest BCUT2D eigenvalue weighted by Gasteiger charge is 2.32. The van der Waals surface area contributed by atoms with Gasteiger partial charge in [0.05, 0.1) is 4.90 Å². The zero-order valence-electron chi connectivity index (χ0n) is 11.2. The van der Waals surface area contributed by atoms with Crippen molar-refractivity contribution in [1.82, 2.24) is 10.4 Å². The molecule has 1 aromatic carbocycles. The smallest absolute Gasteiger partial charge is 0.316 e. The number of hydrogen-bond donors (Lipinski definition) is 2. The molecular formula is C12H12N2O7S. The van der Waals surface area contributed by atoms with Gasteiger partial charge in [0.15, 0.2) is 0 Å². The molecule has 3 amide bonds. The molecule has 10 heteroatoms. The molecule has 1 saturated heterocycles. The molecule has 1 heterocycles. The third-order valence-corrected chi connectivity index (χ3v) is 3.71. The first-order valence-electron chi connectivity index (χ1n) is 6.15. The summed E-state index contributed by atoms with van der Waals surface area (Å²) in [4.78, 5) is 38.3. The molecule has 0 spiro atoms. The van der Waals surface area contributed by atoms with Gasteiger partial charge in [-0.1, -0.05) is 12.1 Å². The summed E-state index contributed by atoms with van der Waals surface area (Å²) in [5, 5.41) is 2.72. The fourth-order valence-corrected chi connectivity index (χ4v) is 2.21. The number of nitrogens with zero attached hydrogens (tertiary/aromatic N) is 1. The van der Waals surface area contributed by atoms with Gasteiger partial charge in [-0.05, 0) is 17.7 Å². The fraction of sp³-hybridized carbons (Fsp3) is 0.250. The minimum Gasteiger partial charge on any atom is -0.316 e. The van der Waals surface area contributed by atoms with Gasteiger partial charge in [0.1, 0.15) is 0 Å². The topological polar surface area (TPSA) is 130 Å². The predicted octanol–water partition coefficient (Wildman–Crippen LogP) is 0.223. The van der Waals surface area contributed by atoms with Crippen LogP contribution in [-0.2, 0) is 31.1 Å². The number of imide groups is 1. The lowest BCUT2D eigenvalue weighted by atomic mass is 10.2. The summed E-state index contributed by atoms with van der Waals surface area (Å²) in [5.74, 6) is -1.17. The molecule has 0 aliphatic carbocycles. The lowest BCUT2D eigenvalue weighted by molar-refractivity contribution is -0.171. The van der Waals surface area contributed by atoms with E-state index < -0.39 is 28.0 Å². The Morgan fingerprint density at radius 1 is 1.18 bits per heavy atom. The van der Waals surface area contributed by atoms with Crippen LogP contribution in [0, 0.1) is 0 Å². The number of carbonyl (C=O) groups is 3. The summed E-state index contributed by atoms with van der Waals surface area (Å²) in [7, 11) is -4.27. The molecule has 0 unspecified atom stereocenters. The average Bonchev–Trinajstić information content (AvgIpc) is 2.76. The Morgan fingerprint density at radius 2 is 1.73 bits per heavy atom. The summed E-state index contributed by atoms with van der Waals surface area (Å²) in [6.07, 6.45) is -0.977. The van der Waals surface area contributed by atoms with Crippen LogP contribution in [0.2, 0.25) is 0 Å². The Balaban J connectivity index is 1.89. The standard InChI is InChI=1S/C12H12N2O7S/c15-10-5-6-11(16)14(10)21-12(17)13-7-8-1-3-9(4-2-8)22(18,19)20/h1-4H,5-7H2,(H,13,17)(H,18,19,20). The Hall–Kier alpha value is -2.46. The zero-order chi connectivity index (χ0) is 16.3. The van der Waals surface area contributed by atoms with Gasteiger partial charge < -0.3 is 10.2 Å². The number of carbonyl (C=O) groups excluding carboxylic acids is 3. The highest BCUT2D eigenvalue weighted by Crippen LogP contribution is 2.12. The second kappa shape index (κ2) is 6.12. The van der Waals surface area contributed by atoms with Crippen molar-refractivity contribution in [1.29, 1.82) is 0 Å². The fourth-order valence-electron chi connectivity index (χ4n) is 1.73. The monoisotopic (exact) mass is 328 g/mol. The molecule has 22 heavy (non-hydrogen) atoms. The molecule has 0 saturated carbocycles. The van der Waals surface area contributed by atoms with Crippen LogP contribution in [0.3, 0.4) is 0 Å². The molecule has 1 aliphatic rings. The molecular weight excluding hydrogens is 316 g/mol. The van der Waals surface area contributed by atoms with Crippen LogP contribution in [0.15, 0.2) is 29.2 Å². The third-order valence-electron chi connectivity index (χ3n) is 2.84. The van der Waals surface area contributed by atoms with Crippen molar-refractivity contribution in [2.45, 2.75) is 24.3 Å². The van der Waals surface area contributed by atoms with Crippen molar-refractivity contribution < 1.29 is 32.2 Å². The van der Waals surface area contributed by atoms with E-state index in [0.717, 1.165) is 0 Å². The molecule has 1 aliphatic heterocycles. The van der Waals surface area contributed by atoms with E-state index in [9.17, 15) is 22.8 Å². The Bertz CT molecular complexity index is 695. The van der Waals surface area contributed by atoms with Crippen molar-refractivity contribution in [3.05, 3.63) is 29.8 Å². The number of hydroxylamine groups is 2. The molecule has 1 fully saturated rings. The van der Waals surface area contributed by atoms with E-state index in [4.69, 9.17) is 4.55 Å². The van der Waals surface area contributed by atoms with Crippen LogP contribution in [0.5, 0.6) is 0 Å². The second-order valence-corrected chi connectivity index (χ2v) is 5.85. The summed E-state index contributed by atoms with van der Waals surface area (Å²) in [6.45, 7) is -0.0131. The average molecular weight is 328 g/mol. The molecule has 2 rings (SSSR count). The minimum atomic E-state index is -4.27. The minimum absolute atomic E-state index is 0.00318. The Morgan fingerprint density at radius 3 is 2.23 bits per heavy atom. The number of rotatable bonds is 4. The van der Waals surface area contributed by atoms with Gasteiger partial charge in [-0.3, -0.25) is 14.1 Å². The van der Waals surface area contributed by atoms with E-state index in [1.807, 2.05) is 0 Å². The largest absolute Gasteiger partial charge is 0.432 e. The van der Waals surface area contributed by atoms with E-state index in [-0.39, 0.29) is 24.3 Å². The normalized spacial score (nSPS) is 15.0. The second-order valence-electron chi connectivity index (χ2n) is 4.43. The van der Waals surface area contributed by atoms with Gasteiger partial charge in [-0.2, -0.15) is 8.42 Å². The summed E-state index contributed by atoms with van der Waals surface area (Å²) in [6, 6.07) is 5.11. The van der Waals surface area contributed by atoms with Crippen LogP contribution in [0.1, 0.15) is 18.4 Å². The SMILES string of the molecule is O=C(NCc1ccc(S(=O)(=O)O)cc1)ON1C(=O)CCC1=O. The van der Waals surface area contributed by atoms with Gasteiger partial charge >= 0.3 is 6.09 Å². The first-order valence-corrected chi connectivity index (χ1v) is 7.59. The van der Waals surface area contributed by atoms with E-state index in [1.165, 1.54) is 24.3 Å². The Kier molecular flexibility index (Phi) is 4.43. The molecule has 0 radical (unpaired) electrons. The molecule has 2 N–H and O–H groups in total. The quantitative estimate of drug-likeness (QED) is 0.597. The molecule has 9 nitrogen and oxygen atoms in total. The van der Waals surface area contributed by atoms with E-state index in [0.29, 0.717) is 10.6 Å².